The summed E-state index contributed by atoms with van der Waals surface area (Å²) in [7, 11) is 0. The molecule has 0 saturated carbocycles. The Kier molecular flexibility index (Phi) is 3.28. The average molecular weight is 262 g/mol. The minimum absolute atomic E-state index is 0.00130. The van der Waals surface area contributed by atoms with E-state index < -0.39 is 0 Å². The third-order valence-corrected chi connectivity index (χ3v) is 1.79. The van der Waals surface area contributed by atoms with Crippen LogP contribution in [0.25, 0.3) is 0 Å². The molecular weight excluding hydrogens is 255 g/mol. The highest BCUT2D eigenvalue weighted by Gasteiger charge is 1.99. The molecule has 11 heavy (non-hydrogen) atoms. The maximum Gasteiger partial charge on any atom is 0.233 e. The Bertz CT molecular complexity index is 237. The molecule has 0 atom stereocenters. The van der Waals surface area contributed by atoms with Crippen LogP contribution in [0.3, 0.4) is 0 Å². The van der Waals surface area contributed by atoms with E-state index in [1.54, 1.807) is 12.4 Å². The topological polar surface area (TPSA) is 42.0 Å². The zero-order valence-corrected chi connectivity index (χ0v) is 7.91. The number of pyridine rings is 1. The Labute approximate surface area is 78.7 Å². The van der Waals surface area contributed by atoms with Gasteiger partial charge in [-0.3, -0.25) is 13.3 Å². The molecule has 0 saturated heterocycles. The molecule has 0 aliphatic carbocycles. The Balaban J connectivity index is 2.58. The van der Waals surface area contributed by atoms with Crippen molar-refractivity contribution in [3.8, 4) is 0 Å². The zero-order chi connectivity index (χ0) is 8.10. The van der Waals surface area contributed by atoms with Crippen LogP contribution in [0.15, 0.2) is 24.5 Å². The maximum atomic E-state index is 10.8. The summed E-state index contributed by atoms with van der Waals surface area (Å²) in [6.07, 6.45) is 3.77. The first-order valence-corrected chi connectivity index (χ1v) is 4.19. The van der Waals surface area contributed by atoms with Crippen molar-refractivity contribution in [1.29, 1.82) is 0 Å². The SMILES string of the molecule is O=C(Cc1cccnc1)NI. The number of rotatable bonds is 2. The molecule has 0 unspecified atom stereocenters. The highest BCUT2D eigenvalue weighted by atomic mass is 127. The first-order chi connectivity index (χ1) is 5.33. The van der Waals surface area contributed by atoms with Crippen molar-refractivity contribution >= 4 is 28.8 Å². The molecule has 0 aliphatic heterocycles. The molecule has 0 aliphatic rings. The fraction of sp³-hybridized carbons (Fsp3) is 0.143. The first-order valence-electron chi connectivity index (χ1n) is 3.11. The van der Waals surface area contributed by atoms with E-state index in [4.69, 9.17) is 0 Å². The number of nitrogens with one attached hydrogen (secondary N) is 1. The number of nitrogens with zero attached hydrogens (tertiary/aromatic N) is 1. The van der Waals surface area contributed by atoms with Gasteiger partial charge < -0.3 is 0 Å². The number of carbonyl (C=O) groups excluding carboxylic acids is 1. The molecule has 58 valence electrons. The van der Waals surface area contributed by atoms with Crippen LogP contribution in [-0.2, 0) is 11.2 Å². The van der Waals surface area contributed by atoms with Crippen LogP contribution >= 0.6 is 22.9 Å². The first kappa shape index (κ1) is 8.45. The van der Waals surface area contributed by atoms with Crippen molar-refractivity contribution in [1.82, 2.24) is 8.51 Å². The quantitative estimate of drug-likeness (QED) is 0.640. The summed E-state index contributed by atoms with van der Waals surface area (Å²) >= 11 is 1.82. The Morgan fingerprint density at radius 3 is 3.09 bits per heavy atom. The molecule has 0 radical (unpaired) electrons. The summed E-state index contributed by atoms with van der Waals surface area (Å²) in [5.41, 5.74) is 0.932. The van der Waals surface area contributed by atoms with E-state index in [0.717, 1.165) is 5.56 Å². The number of aromatic nitrogens is 1. The van der Waals surface area contributed by atoms with E-state index in [1.807, 2.05) is 35.0 Å². The van der Waals surface area contributed by atoms with E-state index in [2.05, 4.69) is 8.51 Å². The molecule has 4 heteroatoms. The minimum Gasteiger partial charge on any atom is -0.299 e. The number of amides is 1. The van der Waals surface area contributed by atoms with Gasteiger partial charge in [-0.1, -0.05) is 6.07 Å². The Hall–Kier alpha value is -0.650. The number of hydrogen-bond acceptors (Lipinski definition) is 2. The third-order valence-electron chi connectivity index (χ3n) is 1.19. The summed E-state index contributed by atoms with van der Waals surface area (Å²) in [4.78, 5) is 14.7. The van der Waals surface area contributed by atoms with Crippen LogP contribution in [0.4, 0.5) is 0 Å². The Morgan fingerprint density at radius 1 is 1.73 bits per heavy atom. The standard InChI is InChI=1S/C7H7IN2O/c8-10-7(11)4-6-2-1-3-9-5-6/h1-3,5H,4H2,(H,10,11). The monoisotopic (exact) mass is 262 g/mol. The minimum atomic E-state index is -0.00130. The molecule has 1 heterocycles. The van der Waals surface area contributed by atoms with Gasteiger partial charge in [0.05, 0.1) is 29.3 Å². The molecule has 0 spiro atoms. The van der Waals surface area contributed by atoms with Gasteiger partial charge in [0.1, 0.15) is 0 Å². The fourth-order valence-electron chi connectivity index (χ4n) is 0.721. The molecule has 1 amide bonds. The van der Waals surface area contributed by atoms with Crippen molar-refractivity contribution < 1.29 is 4.79 Å². The van der Waals surface area contributed by atoms with Crippen LogP contribution in [0, 0.1) is 0 Å². The van der Waals surface area contributed by atoms with E-state index in [-0.39, 0.29) is 5.91 Å². The molecule has 1 aromatic rings. The summed E-state index contributed by atoms with van der Waals surface area (Å²) < 4.78 is 2.52. The second-order valence-corrected chi connectivity index (χ2v) is 2.60. The normalized spacial score (nSPS) is 9.18. The van der Waals surface area contributed by atoms with Gasteiger partial charge in [-0.2, -0.15) is 0 Å². The van der Waals surface area contributed by atoms with Crippen molar-refractivity contribution in [3.63, 3.8) is 0 Å². The summed E-state index contributed by atoms with van der Waals surface area (Å²) in [5.74, 6) is -0.00130. The predicted octanol–water partition coefficient (Wildman–Crippen LogP) is 1.09. The van der Waals surface area contributed by atoms with Crippen LogP contribution < -0.4 is 3.53 Å². The largest absolute Gasteiger partial charge is 0.299 e. The highest BCUT2D eigenvalue weighted by molar-refractivity contribution is 14.1. The van der Waals surface area contributed by atoms with Gasteiger partial charge in [0.15, 0.2) is 0 Å². The molecule has 1 rings (SSSR count). The van der Waals surface area contributed by atoms with Gasteiger partial charge in [0, 0.05) is 12.4 Å². The lowest BCUT2D eigenvalue weighted by Gasteiger charge is -1.96. The van der Waals surface area contributed by atoms with Crippen molar-refractivity contribution in [2.45, 2.75) is 6.42 Å². The van der Waals surface area contributed by atoms with Gasteiger partial charge in [-0.15, -0.1) is 0 Å². The molecule has 0 aromatic carbocycles. The number of hydrogen-bond donors (Lipinski definition) is 1. The highest BCUT2D eigenvalue weighted by Crippen LogP contribution is 1.96. The second-order valence-electron chi connectivity index (χ2n) is 2.06. The lowest BCUT2D eigenvalue weighted by molar-refractivity contribution is -0.118. The smallest absolute Gasteiger partial charge is 0.233 e. The summed E-state index contributed by atoms with van der Waals surface area (Å²) in [6, 6.07) is 3.69. The molecule has 0 fully saturated rings. The van der Waals surface area contributed by atoms with Gasteiger partial charge in [0.25, 0.3) is 0 Å². The molecule has 3 nitrogen and oxygen atoms in total. The van der Waals surface area contributed by atoms with Crippen molar-refractivity contribution in [2.75, 3.05) is 0 Å². The summed E-state index contributed by atoms with van der Waals surface area (Å²) in [5, 5.41) is 0. The lowest BCUT2D eigenvalue weighted by Crippen LogP contribution is -2.14. The molecular formula is C7H7IN2O. The average Bonchev–Trinajstić information content (AvgIpc) is 2.06. The third kappa shape index (κ3) is 2.83. The van der Waals surface area contributed by atoms with Crippen LogP contribution in [0.2, 0.25) is 0 Å². The lowest BCUT2D eigenvalue weighted by atomic mass is 10.2. The maximum absolute atomic E-state index is 10.8. The van der Waals surface area contributed by atoms with Crippen LogP contribution in [0.5, 0.6) is 0 Å². The van der Waals surface area contributed by atoms with Gasteiger partial charge in [-0.05, 0) is 11.6 Å². The number of halogens is 1. The van der Waals surface area contributed by atoms with E-state index in [1.165, 1.54) is 0 Å². The van der Waals surface area contributed by atoms with Crippen molar-refractivity contribution in [3.05, 3.63) is 30.1 Å². The van der Waals surface area contributed by atoms with Gasteiger partial charge >= 0.3 is 0 Å². The number of carbonyl (C=O) groups is 1. The molecule has 1 N–H and O–H groups in total. The fourth-order valence-corrected chi connectivity index (χ4v) is 0.912. The van der Waals surface area contributed by atoms with Crippen LogP contribution in [-0.4, -0.2) is 10.9 Å². The van der Waals surface area contributed by atoms with E-state index in [0.29, 0.717) is 6.42 Å². The van der Waals surface area contributed by atoms with Gasteiger partial charge in [0.2, 0.25) is 5.91 Å². The predicted molar refractivity (Wildman–Crippen MR) is 50.1 cm³/mol. The van der Waals surface area contributed by atoms with Crippen LogP contribution in [0.1, 0.15) is 5.56 Å². The Morgan fingerprint density at radius 2 is 2.55 bits per heavy atom. The molecule has 0 bridgehead atoms. The zero-order valence-electron chi connectivity index (χ0n) is 5.75. The molecule has 1 aromatic heterocycles. The van der Waals surface area contributed by atoms with E-state index in [9.17, 15) is 4.79 Å². The summed E-state index contributed by atoms with van der Waals surface area (Å²) in [6.45, 7) is 0. The van der Waals surface area contributed by atoms with Crippen molar-refractivity contribution in [2.24, 2.45) is 0 Å². The van der Waals surface area contributed by atoms with E-state index >= 15 is 0 Å². The second kappa shape index (κ2) is 4.27. The van der Waals surface area contributed by atoms with Gasteiger partial charge in [-0.25, -0.2) is 0 Å².